The fourth-order valence-corrected chi connectivity index (χ4v) is 2.14. The van der Waals surface area contributed by atoms with Gasteiger partial charge in [0.25, 0.3) is 0 Å². The maximum Gasteiger partial charge on any atom is 0.0840 e. The van der Waals surface area contributed by atoms with E-state index in [0.29, 0.717) is 5.92 Å². The second-order valence-electron chi connectivity index (χ2n) is 4.79. The molecule has 0 saturated carbocycles. The molecule has 0 aliphatic rings. The van der Waals surface area contributed by atoms with Crippen LogP contribution >= 0.6 is 11.8 Å². The van der Waals surface area contributed by atoms with Crippen LogP contribution in [0.15, 0.2) is 29.2 Å². The zero-order chi connectivity index (χ0) is 11.5. The average molecular weight is 224 g/mol. The van der Waals surface area contributed by atoms with Crippen LogP contribution in [0.2, 0.25) is 0 Å². The van der Waals surface area contributed by atoms with Crippen LogP contribution in [0.25, 0.3) is 0 Å². The number of thioether (sulfide) groups is 1. The van der Waals surface area contributed by atoms with E-state index in [1.165, 1.54) is 4.90 Å². The molecule has 0 aliphatic carbocycles. The predicted molar refractivity (Wildman–Crippen MR) is 67.2 cm³/mol. The van der Waals surface area contributed by atoms with Crippen LogP contribution in [0, 0.1) is 5.92 Å². The maximum atomic E-state index is 9.88. The monoisotopic (exact) mass is 224 g/mol. The van der Waals surface area contributed by atoms with Crippen LogP contribution in [-0.2, 0) is 5.60 Å². The van der Waals surface area contributed by atoms with Crippen LogP contribution in [-0.4, -0.2) is 10.9 Å². The van der Waals surface area contributed by atoms with E-state index < -0.39 is 5.60 Å². The predicted octanol–water partition coefficient (Wildman–Crippen LogP) is 3.66. The highest BCUT2D eigenvalue weighted by atomic mass is 32.2. The Balaban J connectivity index is 2.75. The molecule has 1 N–H and O–H groups in total. The van der Waals surface area contributed by atoms with Gasteiger partial charge in [0.15, 0.2) is 0 Å². The van der Waals surface area contributed by atoms with E-state index in [1.807, 2.05) is 37.7 Å². The van der Waals surface area contributed by atoms with Crippen LogP contribution < -0.4 is 0 Å². The molecule has 1 aromatic rings. The van der Waals surface area contributed by atoms with Crippen LogP contribution in [0.3, 0.4) is 0 Å². The normalized spacial score (nSPS) is 12.1. The van der Waals surface area contributed by atoms with Crippen molar-refractivity contribution in [3.63, 3.8) is 0 Å². The van der Waals surface area contributed by atoms with Crippen molar-refractivity contribution in [2.45, 2.75) is 38.2 Å². The van der Waals surface area contributed by atoms with Crippen molar-refractivity contribution in [1.29, 1.82) is 0 Å². The first-order valence-corrected chi connectivity index (χ1v) is 6.34. The Bertz CT molecular complexity index is 313. The summed E-state index contributed by atoms with van der Waals surface area (Å²) < 4.78 is 0. The Labute approximate surface area is 96.9 Å². The minimum atomic E-state index is -0.742. The zero-order valence-corrected chi connectivity index (χ0v) is 10.8. The first-order chi connectivity index (χ1) is 6.89. The van der Waals surface area contributed by atoms with E-state index in [4.69, 9.17) is 0 Å². The lowest BCUT2D eigenvalue weighted by molar-refractivity contribution is 0.0784. The molecule has 0 spiro atoms. The van der Waals surface area contributed by atoms with Gasteiger partial charge >= 0.3 is 0 Å². The molecule has 1 nitrogen and oxygen atoms in total. The summed E-state index contributed by atoms with van der Waals surface area (Å²) in [5.41, 5.74) is 0.241. The van der Waals surface area contributed by atoms with Crippen LogP contribution in [0.1, 0.15) is 33.3 Å². The third kappa shape index (κ3) is 4.27. The molecule has 0 bridgehead atoms. The van der Waals surface area contributed by atoms with Crippen molar-refractivity contribution in [2.24, 2.45) is 5.92 Å². The molecular weight excluding hydrogens is 204 g/mol. The summed E-state index contributed by atoms with van der Waals surface area (Å²) in [7, 11) is 0. The molecule has 0 radical (unpaired) electrons. The molecule has 0 amide bonds. The molecule has 0 fully saturated rings. The van der Waals surface area contributed by atoms with Gasteiger partial charge < -0.3 is 5.11 Å². The maximum absolute atomic E-state index is 9.88. The lowest BCUT2D eigenvalue weighted by atomic mass is 9.99. The van der Waals surface area contributed by atoms with Gasteiger partial charge in [-0.15, -0.1) is 11.8 Å². The van der Waals surface area contributed by atoms with Crippen LogP contribution in [0.4, 0.5) is 0 Å². The minimum Gasteiger partial charge on any atom is -0.386 e. The summed E-state index contributed by atoms with van der Waals surface area (Å²) in [5, 5.41) is 9.88. The zero-order valence-electron chi connectivity index (χ0n) is 9.95. The second kappa shape index (κ2) is 5.04. The SMILES string of the molecule is CC(C)CSc1cccc(C(C)(C)O)c1. The number of hydrogen-bond donors (Lipinski definition) is 1. The molecule has 0 heterocycles. The summed E-state index contributed by atoms with van der Waals surface area (Å²) in [6.45, 7) is 8.07. The third-order valence-corrected chi connectivity index (χ3v) is 3.54. The highest BCUT2D eigenvalue weighted by molar-refractivity contribution is 7.99. The van der Waals surface area contributed by atoms with Crippen molar-refractivity contribution in [3.05, 3.63) is 29.8 Å². The molecular formula is C13H20OS. The fourth-order valence-electron chi connectivity index (χ4n) is 1.23. The Morgan fingerprint density at radius 2 is 2.00 bits per heavy atom. The minimum absolute atomic E-state index is 0.695. The van der Waals surface area contributed by atoms with Crippen molar-refractivity contribution >= 4 is 11.8 Å². The molecule has 0 atom stereocenters. The third-order valence-electron chi connectivity index (χ3n) is 2.12. The molecule has 0 saturated heterocycles. The van der Waals surface area contributed by atoms with Crippen molar-refractivity contribution in [2.75, 3.05) is 5.75 Å². The van der Waals surface area contributed by atoms with Crippen molar-refractivity contribution in [3.8, 4) is 0 Å². The highest BCUT2D eigenvalue weighted by Gasteiger charge is 2.15. The first-order valence-electron chi connectivity index (χ1n) is 5.35. The summed E-state index contributed by atoms with van der Waals surface area (Å²) in [6, 6.07) is 8.16. The molecule has 0 unspecified atom stereocenters. The van der Waals surface area contributed by atoms with Gasteiger partial charge in [0.05, 0.1) is 5.60 Å². The molecule has 84 valence electrons. The first kappa shape index (κ1) is 12.6. The highest BCUT2D eigenvalue weighted by Crippen LogP contribution is 2.26. The Morgan fingerprint density at radius 1 is 1.33 bits per heavy atom. The lowest BCUT2D eigenvalue weighted by Gasteiger charge is -2.18. The summed E-state index contributed by atoms with van der Waals surface area (Å²) in [6.07, 6.45) is 0. The van der Waals surface area contributed by atoms with E-state index in [2.05, 4.69) is 26.0 Å². The van der Waals surface area contributed by atoms with E-state index in [0.717, 1.165) is 11.3 Å². The van der Waals surface area contributed by atoms with Gasteiger partial charge in [0.2, 0.25) is 0 Å². The summed E-state index contributed by atoms with van der Waals surface area (Å²) in [4.78, 5) is 1.24. The molecule has 0 aliphatic heterocycles. The van der Waals surface area contributed by atoms with Gasteiger partial charge in [0, 0.05) is 10.6 Å². The topological polar surface area (TPSA) is 20.2 Å². The number of aliphatic hydroxyl groups is 1. The molecule has 0 aromatic heterocycles. The lowest BCUT2D eigenvalue weighted by Crippen LogP contribution is -2.15. The largest absolute Gasteiger partial charge is 0.386 e. The number of hydrogen-bond acceptors (Lipinski definition) is 2. The van der Waals surface area contributed by atoms with Gasteiger partial charge in [-0.1, -0.05) is 26.0 Å². The van der Waals surface area contributed by atoms with Gasteiger partial charge in [0.1, 0.15) is 0 Å². The quantitative estimate of drug-likeness (QED) is 0.788. The smallest absolute Gasteiger partial charge is 0.0840 e. The van der Waals surface area contributed by atoms with E-state index in [9.17, 15) is 5.11 Å². The van der Waals surface area contributed by atoms with Crippen molar-refractivity contribution in [1.82, 2.24) is 0 Å². The summed E-state index contributed by atoms with van der Waals surface area (Å²) >= 11 is 1.85. The molecule has 15 heavy (non-hydrogen) atoms. The second-order valence-corrected chi connectivity index (χ2v) is 5.89. The van der Waals surface area contributed by atoms with E-state index in [1.54, 1.807) is 0 Å². The number of benzene rings is 1. The Morgan fingerprint density at radius 3 is 2.53 bits per heavy atom. The summed E-state index contributed by atoms with van der Waals surface area (Å²) in [5.74, 6) is 1.82. The Hall–Kier alpha value is -0.470. The molecule has 1 rings (SSSR count). The van der Waals surface area contributed by atoms with Gasteiger partial charge in [-0.3, -0.25) is 0 Å². The van der Waals surface area contributed by atoms with Gasteiger partial charge in [-0.05, 0) is 37.5 Å². The van der Waals surface area contributed by atoms with Crippen molar-refractivity contribution < 1.29 is 5.11 Å². The molecule has 2 heteroatoms. The standard InChI is InChI=1S/C13H20OS/c1-10(2)9-15-12-7-5-6-11(8-12)13(3,4)14/h5-8,10,14H,9H2,1-4H3. The van der Waals surface area contributed by atoms with Gasteiger partial charge in [-0.25, -0.2) is 0 Å². The van der Waals surface area contributed by atoms with E-state index >= 15 is 0 Å². The Kier molecular flexibility index (Phi) is 4.23. The van der Waals surface area contributed by atoms with E-state index in [-0.39, 0.29) is 0 Å². The molecule has 1 aromatic carbocycles. The van der Waals surface area contributed by atoms with Crippen LogP contribution in [0.5, 0.6) is 0 Å². The number of rotatable bonds is 4. The fraction of sp³-hybridized carbons (Fsp3) is 0.538. The average Bonchev–Trinajstić information content (AvgIpc) is 2.14. The van der Waals surface area contributed by atoms with Gasteiger partial charge in [-0.2, -0.15) is 0 Å².